The molecule has 3 heterocycles. The molecule has 1 aliphatic rings. The molecule has 1 saturated heterocycles. The van der Waals surface area contributed by atoms with E-state index in [2.05, 4.69) is 20.6 Å². The average Bonchev–Trinajstić information content (AvgIpc) is 3.16. The Kier molecular flexibility index (Phi) is 4.18. The highest BCUT2D eigenvalue weighted by Crippen LogP contribution is 2.16. The summed E-state index contributed by atoms with van der Waals surface area (Å²) in [7, 11) is 1.55. The number of rotatable bonds is 6. The molecule has 0 unspecified atom stereocenters. The number of carbonyl (C=O) groups is 2. The molecule has 9 nitrogen and oxygen atoms in total. The van der Waals surface area contributed by atoms with Crippen LogP contribution in [0, 0.1) is 0 Å². The number of imide groups is 1. The fourth-order valence-electron chi connectivity index (χ4n) is 2.27. The van der Waals surface area contributed by atoms with Crippen LogP contribution in [0.5, 0.6) is 5.88 Å². The van der Waals surface area contributed by atoms with E-state index >= 15 is 0 Å². The van der Waals surface area contributed by atoms with Crippen molar-refractivity contribution in [2.45, 2.75) is 13.0 Å². The summed E-state index contributed by atoms with van der Waals surface area (Å²) in [6.07, 6.45) is 2.38. The number of aryl methyl sites for hydroxylation is 1. The molecule has 0 aromatic carbocycles. The van der Waals surface area contributed by atoms with E-state index in [4.69, 9.17) is 4.74 Å². The number of nitrogens with zero attached hydrogens (tertiary/aromatic N) is 5. The number of urea groups is 1. The Hall–Kier alpha value is -2.97. The highest BCUT2D eigenvalue weighted by atomic mass is 16.5. The maximum absolute atomic E-state index is 11.5. The van der Waals surface area contributed by atoms with Gasteiger partial charge in [0.15, 0.2) is 0 Å². The van der Waals surface area contributed by atoms with Crippen molar-refractivity contribution in [2.75, 3.05) is 20.2 Å². The second-order valence-electron chi connectivity index (χ2n) is 4.99. The van der Waals surface area contributed by atoms with E-state index in [0.29, 0.717) is 36.8 Å². The molecule has 0 radical (unpaired) electrons. The first kappa shape index (κ1) is 14.9. The van der Waals surface area contributed by atoms with Crippen LogP contribution in [0.3, 0.4) is 0 Å². The zero-order valence-electron chi connectivity index (χ0n) is 12.6. The Morgan fingerprint density at radius 1 is 1.26 bits per heavy atom. The third kappa shape index (κ3) is 3.28. The number of nitrogens with one attached hydrogen (secondary N) is 1. The second-order valence-corrected chi connectivity index (χ2v) is 4.99. The SMILES string of the molecule is COc1cccc(-c2cn(CCCN3C(=O)CNC3=O)nn2)n1. The molecule has 1 aliphatic heterocycles. The lowest BCUT2D eigenvalue weighted by atomic mass is 10.3. The first-order valence-corrected chi connectivity index (χ1v) is 7.17. The quantitative estimate of drug-likeness (QED) is 0.769. The largest absolute Gasteiger partial charge is 0.481 e. The Bertz CT molecular complexity index is 713. The third-order valence-corrected chi connectivity index (χ3v) is 3.44. The molecule has 0 saturated carbocycles. The second kappa shape index (κ2) is 6.42. The Morgan fingerprint density at radius 3 is 2.87 bits per heavy atom. The highest BCUT2D eigenvalue weighted by Gasteiger charge is 2.27. The van der Waals surface area contributed by atoms with Gasteiger partial charge in [-0.25, -0.2) is 9.78 Å². The highest BCUT2D eigenvalue weighted by molar-refractivity contribution is 6.01. The minimum atomic E-state index is -0.338. The van der Waals surface area contributed by atoms with E-state index in [0.717, 1.165) is 0 Å². The predicted molar refractivity (Wildman–Crippen MR) is 79.5 cm³/mol. The molecule has 23 heavy (non-hydrogen) atoms. The van der Waals surface area contributed by atoms with E-state index in [-0.39, 0.29) is 18.5 Å². The maximum atomic E-state index is 11.5. The van der Waals surface area contributed by atoms with Crippen LogP contribution < -0.4 is 10.1 Å². The van der Waals surface area contributed by atoms with Crippen LogP contribution in [0.2, 0.25) is 0 Å². The van der Waals surface area contributed by atoms with Crippen molar-refractivity contribution < 1.29 is 14.3 Å². The Balaban J connectivity index is 1.59. The first-order chi connectivity index (χ1) is 11.2. The van der Waals surface area contributed by atoms with Crippen LogP contribution in [0.15, 0.2) is 24.4 Å². The van der Waals surface area contributed by atoms with Gasteiger partial charge in [-0.1, -0.05) is 11.3 Å². The van der Waals surface area contributed by atoms with Gasteiger partial charge in [0.05, 0.1) is 25.5 Å². The van der Waals surface area contributed by atoms with Crippen molar-refractivity contribution in [3.63, 3.8) is 0 Å². The minimum Gasteiger partial charge on any atom is -0.481 e. The lowest BCUT2D eigenvalue weighted by Crippen LogP contribution is -2.32. The van der Waals surface area contributed by atoms with Gasteiger partial charge in [-0.2, -0.15) is 0 Å². The predicted octanol–water partition coefficient (Wildman–Crippen LogP) is 0.291. The summed E-state index contributed by atoms with van der Waals surface area (Å²) < 4.78 is 6.75. The van der Waals surface area contributed by atoms with Crippen LogP contribution >= 0.6 is 0 Å². The molecule has 120 valence electrons. The zero-order valence-corrected chi connectivity index (χ0v) is 12.6. The number of methoxy groups -OCH3 is 1. The fourth-order valence-corrected chi connectivity index (χ4v) is 2.27. The summed E-state index contributed by atoms with van der Waals surface area (Å²) >= 11 is 0. The van der Waals surface area contributed by atoms with Crippen molar-refractivity contribution in [3.05, 3.63) is 24.4 Å². The van der Waals surface area contributed by atoms with Gasteiger partial charge in [0.1, 0.15) is 5.69 Å². The summed E-state index contributed by atoms with van der Waals surface area (Å²) in [5.41, 5.74) is 1.31. The summed E-state index contributed by atoms with van der Waals surface area (Å²) in [6.45, 7) is 0.985. The van der Waals surface area contributed by atoms with Gasteiger partial charge in [-0.05, 0) is 12.5 Å². The monoisotopic (exact) mass is 316 g/mol. The number of ether oxygens (including phenoxy) is 1. The van der Waals surface area contributed by atoms with Gasteiger partial charge in [0, 0.05) is 19.2 Å². The number of hydrogen-bond acceptors (Lipinski definition) is 6. The van der Waals surface area contributed by atoms with Crippen LogP contribution in [0.1, 0.15) is 6.42 Å². The van der Waals surface area contributed by atoms with Gasteiger partial charge in [0.25, 0.3) is 0 Å². The van der Waals surface area contributed by atoms with E-state index < -0.39 is 0 Å². The lowest BCUT2D eigenvalue weighted by molar-refractivity contribution is -0.125. The molecule has 3 amide bonds. The van der Waals surface area contributed by atoms with Gasteiger partial charge in [-0.3, -0.25) is 14.4 Å². The molecule has 1 N–H and O–H groups in total. The molecular formula is C14H16N6O3. The Morgan fingerprint density at radius 2 is 2.13 bits per heavy atom. The number of aromatic nitrogens is 4. The van der Waals surface area contributed by atoms with Crippen molar-refractivity contribution in [1.82, 2.24) is 30.2 Å². The summed E-state index contributed by atoms with van der Waals surface area (Å²) in [5, 5.41) is 10.6. The van der Waals surface area contributed by atoms with E-state index in [1.54, 1.807) is 24.1 Å². The minimum absolute atomic E-state index is 0.0772. The smallest absolute Gasteiger partial charge is 0.324 e. The van der Waals surface area contributed by atoms with Crippen molar-refractivity contribution in [2.24, 2.45) is 0 Å². The number of carbonyl (C=O) groups excluding carboxylic acids is 2. The first-order valence-electron chi connectivity index (χ1n) is 7.17. The Labute approximate surface area is 132 Å². The van der Waals surface area contributed by atoms with E-state index in [1.165, 1.54) is 4.90 Å². The molecule has 9 heteroatoms. The molecule has 0 spiro atoms. The molecule has 0 atom stereocenters. The number of amides is 3. The number of pyridine rings is 1. The standard InChI is InChI=1S/C14H16N6O3/c1-23-12-5-2-4-10(16-12)11-9-19(18-17-11)6-3-7-20-13(21)8-15-14(20)22/h2,4-5,9H,3,6-8H2,1H3,(H,15,22). The van der Waals surface area contributed by atoms with Crippen LogP contribution in [0.4, 0.5) is 4.79 Å². The third-order valence-electron chi connectivity index (χ3n) is 3.44. The van der Waals surface area contributed by atoms with Crippen LogP contribution in [0.25, 0.3) is 11.4 Å². The average molecular weight is 316 g/mol. The normalized spacial score (nSPS) is 14.2. The van der Waals surface area contributed by atoms with Crippen LogP contribution in [-0.2, 0) is 11.3 Å². The van der Waals surface area contributed by atoms with Crippen molar-refractivity contribution in [3.8, 4) is 17.3 Å². The molecular weight excluding hydrogens is 300 g/mol. The molecule has 2 aromatic rings. The molecule has 0 bridgehead atoms. The van der Waals surface area contributed by atoms with Crippen molar-refractivity contribution in [1.29, 1.82) is 0 Å². The topological polar surface area (TPSA) is 102 Å². The van der Waals surface area contributed by atoms with Gasteiger partial charge in [0.2, 0.25) is 11.8 Å². The van der Waals surface area contributed by atoms with E-state index in [1.807, 2.05) is 12.1 Å². The van der Waals surface area contributed by atoms with Crippen molar-refractivity contribution >= 4 is 11.9 Å². The summed E-state index contributed by atoms with van der Waals surface area (Å²) in [5.74, 6) is 0.311. The molecule has 1 fully saturated rings. The molecule has 2 aromatic heterocycles. The molecule has 3 rings (SSSR count). The van der Waals surface area contributed by atoms with Gasteiger partial charge < -0.3 is 10.1 Å². The van der Waals surface area contributed by atoms with Gasteiger partial charge in [-0.15, -0.1) is 5.10 Å². The fraction of sp³-hybridized carbons (Fsp3) is 0.357. The summed E-state index contributed by atoms with van der Waals surface area (Å²) in [4.78, 5) is 28.4. The van der Waals surface area contributed by atoms with Crippen LogP contribution in [-0.4, -0.2) is 57.0 Å². The van der Waals surface area contributed by atoms with Gasteiger partial charge >= 0.3 is 6.03 Å². The number of hydrogen-bond donors (Lipinski definition) is 1. The summed E-state index contributed by atoms with van der Waals surface area (Å²) in [6, 6.07) is 5.07. The lowest BCUT2D eigenvalue weighted by Gasteiger charge is -2.11. The maximum Gasteiger partial charge on any atom is 0.324 e. The zero-order chi connectivity index (χ0) is 16.2. The van der Waals surface area contributed by atoms with E-state index in [9.17, 15) is 9.59 Å². The molecule has 0 aliphatic carbocycles.